The van der Waals surface area contributed by atoms with Gasteiger partial charge in [-0.2, -0.15) is 0 Å². The lowest BCUT2D eigenvalue weighted by atomic mass is 9.87. The number of ether oxygens (including phenoxy) is 2. The Kier molecular flexibility index (Phi) is 5.81. The molecule has 1 aromatic heterocycles. The molecule has 4 unspecified atom stereocenters. The van der Waals surface area contributed by atoms with Gasteiger partial charge in [-0.15, -0.1) is 0 Å². The van der Waals surface area contributed by atoms with Gasteiger partial charge in [-0.3, -0.25) is 4.79 Å². The minimum Gasteiger partial charge on any atom is -0.493 e. The second-order valence-corrected chi connectivity index (χ2v) is 9.21. The van der Waals surface area contributed by atoms with Gasteiger partial charge in [-0.05, 0) is 67.3 Å². The third-order valence-electron chi connectivity index (χ3n) is 7.44. The number of hydrogen-bond donors (Lipinski definition) is 2. The molecule has 0 radical (unpaired) electrons. The van der Waals surface area contributed by atoms with Gasteiger partial charge in [0.1, 0.15) is 0 Å². The minimum atomic E-state index is 0.0123. The highest BCUT2D eigenvalue weighted by Crippen LogP contribution is 2.48. The predicted octanol–water partition coefficient (Wildman–Crippen LogP) is 5.26. The molecule has 5 heteroatoms. The summed E-state index contributed by atoms with van der Waals surface area (Å²) >= 11 is 0. The van der Waals surface area contributed by atoms with Crippen LogP contribution < -0.4 is 14.8 Å². The highest BCUT2D eigenvalue weighted by Gasteiger charge is 2.43. The highest BCUT2D eigenvalue weighted by atomic mass is 16.5. The van der Waals surface area contributed by atoms with Gasteiger partial charge < -0.3 is 19.8 Å². The molecule has 1 amide bonds. The lowest BCUT2D eigenvalue weighted by molar-refractivity contribution is -0.126. The van der Waals surface area contributed by atoms with Crippen LogP contribution in [0.15, 0.2) is 48.7 Å². The van der Waals surface area contributed by atoms with Crippen LogP contribution in [-0.2, 0) is 4.79 Å². The van der Waals surface area contributed by atoms with Crippen molar-refractivity contribution in [3.63, 3.8) is 0 Å². The number of rotatable bonds is 8. The van der Waals surface area contributed by atoms with E-state index in [1.165, 1.54) is 30.2 Å². The number of para-hydroxylation sites is 1. The van der Waals surface area contributed by atoms with E-state index in [1.54, 1.807) is 7.11 Å². The lowest BCUT2D eigenvalue weighted by Crippen LogP contribution is -2.36. The Morgan fingerprint density at radius 2 is 2.03 bits per heavy atom. The van der Waals surface area contributed by atoms with Crippen molar-refractivity contribution in [3.05, 3.63) is 59.8 Å². The summed E-state index contributed by atoms with van der Waals surface area (Å²) in [5.41, 5.74) is 3.38. The molecular weight excluding hydrogens is 400 g/mol. The summed E-state index contributed by atoms with van der Waals surface area (Å²) in [6.45, 7) is 3.11. The molecule has 2 aliphatic carbocycles. The topological polar surface area (TPSA) is 63.3 Å². The fraction of sp³-hybridized carbons (Fsp3) is 0.444. The van der Waals surface area contributed by atoms with Gasteiger partial charge in [0.15, 0.2) is 11.5 Å². The van der Waals surface area contributed by atoms with Crippen molar-refractivity contribution in [2.45, 2.75) is 38.5 Å². The molecule has 2 fully saturated rings. The smallest absolute Gasteiger partial charge is 0.223 e. The summed E-state index contributed by atoms with van der Waals surface area (Å²) in [6, 6.07) is 14.4. The Labute approximate surface area is 189 Å². The van der Waals surface area contributed by atoms with Crippen molar-refractivity contribution in [3.8, 4) is 11.5 Å². The summed E-state index contributed by atoms with van der Waals surface area (Å²) < 4.78 is 11.3. The molecule has 2 N–H and O–H groups in total. The normalized spacial score (nSPS) is 22.8. The number of benzene rings is 2. The maximum absolute atomic E-state index is 13.1. The fourth-order valence-corrected chi connectivity index (χ4v) is 5.86. The van der Waals surface area contributed by atoms with Gasteiger partial charge in [0.2, 0.25) is 5.91 Å². The molecule has 0 saturated heterocycles. The van der Waals surface area contributed by atoms with Crippen molar-refractivity contribution in [2.75, 3.05) is 20.3 Å². The summed E-state index contributed by atoms with van der Waals surface area (Å²) in [4.78, 5) is 16.5. The van der Waals surface area contributed by atoms with E-state index in [4.69, 9.17) is 9.47 Å². The van der Waals surface area contributed by atoms with Crippen molar-refractivity contribution < 1.29 is 14.3 Å². The molecule has 4 atom stereocenters. The number of amides is 1. The Morgan fingerprint density at radius 1 is 1.16 bits per heavy atom. The van der Waals surface area contributed by atoms with E-state index in [9.17, 15) is 4.79 Å². The third kappa shape index (κ3) is 3.85. The van der Waals surface area contributed by atoms with Gasteiger partial charge in [0.25, 0.3) is 0 Å². The summed E-state index contributed by atoms with van der Waals surface area (Å²) in [7, 11) is 1.67. The van der Waals surface area contributed by atoms with Gasteiger partial charge >= 0.3 is 0 Å². The fourth-order valence-electron chi connectivity index (χ4n) is 5.86. The van der Waals surface area contributed by atoms with Gasteiger partial charge in [-0.25, -0.2) is 0 Å². The first-order chi connectivity index (χ1) is 15.7. The molecule has 2 aliphatic rings. The molecule has 0 spiro atoms. The molecule has 32 heavy (non-hydrogen) atoms. The predicted molar refractivity (Wildman–Crippen MR) is 126 cm³/mol. The average Bonchev–Trinajstić information content (AvgIpc) is 3.56. The Bertz CT molecular complexity index is 1110. The van der Waals surface area contributed by atoms with E-state index in [0.29, 0.717) is 24.8 Å². The summed E-state index contributed by atoms with van der Waals surface area (Å²) in [5, 5.41) is 4.49. The van der Waals surface area contributed by atoms with Gasteiger partial charge in [0.05, 0.1) is 13.7 Å². The van der Waals surface area contributed by atoms with Crippen LogP contribution in [0.5, 0.6) is 11.5 Å². The van der Waals surface area contributed by atoms with Gasteiger partial charge in [0, 0.05) is 35.5 Å². The number of carbonyl (C=O) groups is 1. The first-order valence-corrected chi connectivity index (χ1v) is 11.8. The second kappa shape index (κ2) is 8.89. The molecule has 2 saturated carbocycles. The van der Waals surface area contributed by atoms with E-state index in [1.807, 2.05) is 25.1 Å². The van der Waals surface area contributed by atoms with Crippen LogP contribution in [0.2, 0.25) is 0 Å². The zero-order chi connectivity index (χ0) is 22.1. The van der Waals surface area contributed by atoms with Crippen LogP contribution in [-0.4, -0.2) is 31.2 Å². The van der Waals surface area contributed by atoms with E-state index in [-0.39, 0.29) is 17.7 Å². The van der Waals surface area contributed by atoms with Crippen molar-refractivity contribution in [2.24, 2.45) is 17.8 Å². The summed E-state index contributed by atoms with van der Waals surface area (Å²) in [6.07, 6.45) is 6.89. The van der Waals surface area contributed by atoms with Gasteiger partial charge in [-0.1, -0.05) is 30.7 Å². The largest absolute Gasteiger partial charge is 0.493 e. The first-order valence-electron chi connectivity index (χ1n) is 11.8. The number of aromatic amines is 1. The number of nitrogens with one attached hydrogen (secondary N) is 2. The van der Waals surface area contributed by atoms with E-state index in [0.717, 1.165) is 29.2 Å². The molecule has 2 aromatic carbocycles. The van der Waals surface area contributed by atoms with E-state index < -0.39 is 0 Å². The highest BCUT2D eigenvalue weighted by molar-refractivity contribution is 5.84. The van der Waals surface area contributed by atoms with Crippen LogP contribution in [0.1, 0.15) is 49.7 Å². The van der Waals surface area contributed by atoms with E-state index >= 15 is 0 Å². The molecule has 5 nitrogen and oxygen atoms in total. The Hall–Kier alpha value is -2.95. The molecule has 0 aliphatic heterocycles. The summed E-state index contributed by atoms with van der Waals surface area (Å²) in [5.74, 6) is 3.22. The maximum atomic E-state index is 13.1. The van der Waals surface area contributed by atoms with Crippen molar-refractivity contribution in [1.29, 1.82) is 0 Å². The number of hydrogen-bond acceptors (Lipinski definition) is 3. The maximum Gasteiger partial charge on any atom is 0.223 e. The Balaban J connectivity index is 1.45. The molecule has 1 heterocycles. The SMILES string of the molecule is CCOc1ccc(C(CNC(=O)C2CC3CCC2C3)c2c[nH]c3ccccc23)cc1OC. The monoisotopic (exact) mass is 432 g/mol. The van der Waals surface area contributed by atoms with Crippen LogP contribution in [0.3, 0.4) is 0 Å². The number of fused-ring (bicyclic) bond motifs is 3. The Morgan fingerprint density at radius 3 is 2.78 bits per heavy atom. The number of aromatic nitrogens is 1. The van der Waals surface area contributed by atoms with Crippen molar-refractivity contribution >= 4 is 16.8 Å². The number of methoxy groups -OCH3 is 1. The molecule has 2 bridgehead atoms. The molecule has 3 aromatic rings. The quantitative estimate of drug-likeness (QED) is 0.510. The van der Waals surface area contributed by atoms with Crippen LogP contribution in [0, 0.1) is 17.8 Å². The molecule has 5 rings (SSSR count). The van der Waals surface area contributed by atoms with Crippen molar-refractivity contribution in [1.82, 2.24) is 10.3 Å². The number of carbonyl (C=O) groups excluding carboxylic acids is 1. The van der Waals surface area contributed by atoms with Crippen LogP contribution >= 0.6 is 0 Å². The lowest BCUT2D eigenvalue weighted by Gasteiger charge is -2.24. The molecule has 168 valence electrons. The van der Waals surface area contributed by atoms with Crippen LogP contribution in [0.4, 0.5) is 0 Å². The zero-order valence-electron chi connectivity index (χ0n) is 18.9. The standard InChI is InChI=1S/C27H32N2O3/c1-3-32-25-11-10-19(14-26(25)31-2)22(23-16-28-24-7-5-4-6-20(23)24)15-29-27(30)21-13-17-8-9-18(21)12-17/h4-7,10-11,14,16-18,21-22,28H,3,8-9,12-13,15H2,1-2H3,(H,29,30). The zero-order valence-corrected chi connectivity index (χ0v) is 18.9. The third-order valence-corrected chi connectivity index (χ3v) is 7.44. The van der Waals surface area contributed by atoms with E-state index in [2.05, 4.69) is 40.8 Å². The first kappa shape index (κ1) is 20.9. The van der Waals surface area contributed by atoms with Crippen LogP contribution in [0.25, 0.3) is 10.9 Å². The minimum absolute atomic E-state index is 0.0123. The average molecular weight is 433 g/mol. The molecular formula is C27H32N2O3. The number of H-pyrrole nitrogens is 1. The second-order valence-electron chi connectivity index (χ2n) is 9.21.